The molecular formula is C17H14FN3O. The van der Waals surface area contributed by atoms with Crippen molar-refractivity contribution < 1.29 is 9.18 Å². The highest BCUT2D eigenvalue weighted by Crippen LogP contribution is 2.15. The molecule has 0 saturated carbocycles. The van der Waals surface area contributed by atoms with Crippen molar-refractivity contribution in [2.75, 3.05) is 0 Å². The van der Waals surface area contributed by atoms with Crippen LogP contribution in [0.4, 0.5) is 4.39 Å². The Labute approximate surface area is 127 Å². The number of aryl methyl sites for hydroxylation is 1. The quantitative estimate of drug-likeness (QED) is 0.680. The van der Waals surface area contributed by atoms with E-state index in [1.807, 2.05) is 30.3 Å². The molecule has 110 valence electrons. The Morgan fingerprint density at radius 3 is 2.59 bits per heavy atom. The summed E-state index contributed by atoms with van der Waals surface area (Å²) < 4.78 is 14.9. The van der Waals surface area contributed by atoms with Gasteiger partial charge in [0.25, 0.3) is 0 Å². The summed E-state index contributed by atoms with van der Waals surface area (Å²) in [7, 11) is 0. The SMILES string of the molecule is O=Cc1nnn(-c2cccc(F)c2)c1CCc1ccccc1. The summed E-state index contributed by atoms with van der Waals surface area (Å²) in [4.78, 5) is 11.2. The maximum absolute atomic E-state index is 13.4. The molecule has 0 bridgehead atoms. The van der Waals surface area contributed by atoms with Crippen LogP contribution >= 0.6 is 0 Å². The fourth-order valence-electron chi connectivity index (χ4n) is 2.36. The molecule has 1 heterocycles. The second-order valence-corrected chi connectivity index (χ2v) is 4.92. The zero-order valence-corrected chi connectivity index (χ0v) is 11.8. The Morgan fingerprint density at radius 2 is 1.86 bits per heavy atom. The third-order valence-corrected chi connectivity index (χ3v) is 3.45. The summed E-state index contributed by atoms with van der Waals surface area (Å²) in [6.07, 6.45) is 2.04. The Morgan fingerprint density at radius 1 is 1.05 bits per heavy atom. The average molecular weight is 295 g/mol. The molecule has 0 radical (unpaired) electrons. The second kappa shape index (κ2) is 6.30. The molecule has 3 rings (SSSR count). The van der Waals surface area contributed by atoms with E-state index in [4.69, 9.17) is 0 Å². The lowest BCUT2D eigenvalue weighted by atomic mass is 10.1. The minimum atomic E-state index is -0.352. The normalized spacial score (nSPS) is 10.6. The molecule has 0 atom stereocenters. The average Bonchev–Trinajstić information content (AvgIpc) is 2.97. The molecule has 5 heteroatoms. The van der Waals surface area contributed by atoms with Crippen molar-refractivity contribution in [3.05, 3.63) is 77.4 Å². The number of halogens is 1. The summed E-state index contributed by atoms with van der Waals surface area (Å²) in [5.41, 5.74) is 2.69. The molecule has 1 aromatic heterocycles. The first kappa shape index (κ1) is 14.1. The van der Waals surface area contributed by atoms with Crippen molar-refractivity contribution in [3.8, 4) is 5.69 Å². The predicted molar refractivity (Wildman–Crippen MR) is 80.6 cm³/mol. The van der Waals surface area contributed by atoms with Gasteiger partial charge in [0.05, 0.1) is 11.4 Å². The summed E-state index contributed by atoms with van der Waals surface area (Å²) in [6, 6.07) is 16.0. The number of aldehydes is 1. The lowest BCUT2D eigenvalue weighted by Gasteiger charge is -2.07. The topological polar surface area (TPSA) is 47.8 Å². The number of carbonyl (C=O) groups is 1. The zero-order valence-electron chi connectivity index (χ0n) is 11.8. The van der Waals surface area contributed by atoms with Crippen molar-refractivity contribution in [2.45, 2.75) is 12.8 Å². The minimum Gasteiger partial charge on any atom is -0.296 e. The molecule has 0 amide bonds. The standard InChI is InChI=1S/C17H14FN3O/c18-14-7-4-8-15(11-14)21-17(16(12-22)19-20-21)10-9-13-5-2-1-3-6-13/h1-8,11-12H,9-10H2. The van der Waals surface area contributed by atoms with Crippen LogP contribution in [0.5, 0.6) is 0 Å². The van der Waals surface area contributed by atoms with E-state index >= 15 is 0 Å². The number of hydrogen-bond donors (Lipinski definition) is 0. The third-order valence-electron chi connectivity index (χ3n) is 3.45. The van der Waals surface area contributed by atoms with Gasteiger partial charge in [0.1, 0.15) is 11.5 Å². The molecule has 2 aromatic carbocycles. The fourth-order valence-corrected chi connectivity index (χ4v) is 2.36. The molecule has 0 spiro atoms. The highest BCUT2D eigenvalue weighted by Gasteiger charge is 2.14. The van der Waals surface area contributed by atoms with Gasteiger partial charge in [0.15, 0.2) is 6.29 Å². The monoisotopic (exact) mass is 295 g/mol. The molecule has 0 unspecified atom stereocenters. The van der Waals surface area contributed by atoms with Gasteiger partial charge in [-0.2, -0.15) is 0 Å². The van der Waals surface area contributed by atoms with Gasteiger partial charge in [-0.05, 0) is 36.6 Å². The molecule has 0 N–H and O–H groups in total. The number of benzene rings is 2. The van der Waals surface area contributed by atoms with E-state index in [-0.39, 0.29) is 5.82 Å². The van der Waals surface area contributed by atoms with E-state index in [2.05, 4.69) is 10.3 Å². The first-order valence-electron chi connectivity index (χ1n) is 6.97. The largest absolute Gasteiger partial charge is 0.296 e. The molecule has 4 nitrogen and oxygen atoms in total. The lowest BCUT2D eigenvalue weighted by Crippen LogP contribution is -2.05. The summed E-state index contributed by atoms with van der Waals surface area (Å²) >= 11 is 0. The Bertz CT molecular complexity index is 784. The van der Waals surface area contributed by atoms with Gasteiger partial charge >= 0.3 is 0 Å². The lowest BCUT2D eigenvalue weighted by molar-refractivity contribution is 0.111. The van der Waals surface area contributed by atoms with Gasteiger partial charge in [0, 0.05) is 0 Å². The van der Waals surface area contributed by atoms with Crippen LogP contribution in [0.15, 0.2) is 54.6 Å². The number of nitrogens with zero attached hydrogens (tertiary/aromatic N) is 3. The van der Waals surface area contributed by atoms with Crippen LogP contribution < -0.4 is 0 Å². The number of hydrogen-bond acceptors (Lipinski definition) is 3. The number of aromatic nitrogens is 3. The van der Waals surface area contributed by atoms with Crippen molar-refractivity contribution in [1.29, 1.82) is 0 Å². The molecule has 0 aliphatic rings. The van der Waals surface area contributed by atoms with Crippen LogP contribution in [0, 0.1) is 5.82 Å². The summed E-state index contributed by atoms with van der Waals surface area (Å²) in [6.45, 7) is 0. The van der Waals surface area contributed by atoms with E-state index in [0.29, 0.717) is 29.8 Å². The van der Waals surface area contributed by atoms with Crippen LogP contribution in [-0.4, -0.2) is 21.3 Å². The first-order valence-corrected chi connectivity index (χ1v) is 6.97. The van der Waals surface area contributed by atoms with Gasteiger partial charge < -0.3 is 0 Å². The van der Waals surface area contributed by atoms with Crippen LogP contribution in [0.25, 0.3) is 5.69 Å². The van der Waals surface area contributed by atoms with Crippen LogP contribution in [-0.2, 0) is 12.8 Å². The van der Waals surface area contributed by atoms with E-state index in [1.165, 1.54) is 16.8 Å². The molecule has 3 aromatic rings. The summed E-state index contributed by atoms with van der Waals surface area (Å²) in [5, 5.41) is 7.85. The molecular weight excluding hydrogens is 281 g/mol. The van der Waals surface area contributed by atoms with E-state index < -0.39 is 0 Å². The van der Waals surface area contributed by atoms with Crippen molar-refractivity contribution >= 4 is 6.29 Å². The molecule has 0 aliphatic heterocycles. The number of rotatable bonds is 5. The molecule has 0 fully saturated rings. The smallest absolute Gasteiger partial charge is 0.172 e. The Balaban J connectivity index is 1.92. The second-order valence-electron chi connectivity index (χ2n) is 4.92. The maximum Gasteiger partial charge on any atom is 0.172 e. The van der Waals surface area contributed by atoms with Gasteiger partial charge in [-0.3, -0.25) is 4.79 Å². The molecule has 0 saturated heterocycles. The first-order chi connectivity index (χ1) is 10.8. The number of carbonyl (C=O) groups excluding carboxylic acids is 1. The highest BCUT2D eigenvalue weighted by atomic mass is 19.1. The Hall–Kier alpha value is -2.82. The van der Waals surface area contributed by atoms with Gasteiger partial charge in [-0.25, -0.2) is 9.07 Å². The van der Waals surface area contributed by atoms with Crippen molar-refractivity contribution in [1.82, 2.24) is 15.0 Å². The van der Waals surface area contributed by atoms with E-state index in [1.54, 1.807) is 12.1 Å². The van der Waals surface area contributed by atoms with Gasteiger partial charge in [-0.1, -0.05) is 41.6 Å². The van der Waals surface area contributed by atoms with E-state index in [9.17, 15) is 9.18 Å². The van der Waals surface area contributed by atoms with Gasteiger partial charge in [-0.15, -0.1) is 5.10 Å². The summed E-state index contributed by atoms with van der Waals surface area (Å²) in [5.74, 6) is -0.352. The van der Waals surface area contributed by atoms with Crippen LogP contribution in [0.2, 0.25) is 0 Å². The third kappa shape index (κ3) is 2.93. The van der Waals surface area contributed by atoms with E-state index in [0.717, 1.165) is 12.0 Å². The minimum absolute atomic E-state index is 0.292. The maximum atomic E-state index is 13.4. The van der Waals surface area contributed by atoms with Crippen molar-refractivity contribution in [2.24, 2.45) is 0 Å². The highest BCUT2D eigenvalue weighted by molar-refractivity contribution is 5.73. The van der Waals surface area contributed by atoms with Crippen LogP contribution in [0.1, 0.15) is 21.7 Å². The predicted octanol–water partition coefficient (Wildman–Crippen LogP) is 3.00. The van der Waals surface area contributed by atoms with Crippen molar-refractivity contribution in [3.63, 3.8) is 0 Å². The van der Waals surface area contributed by atoms with Gasteiger partial charge in [0.2, 0.25) is 0 Å². The molecule has 0 aliphatic carbocycles. The fraction of sp³-hybridized carbons (Fsp3) is 0.118. The Kier molecular flexibility index (Phi) is 4.05. The van der Waals surface area contributed by atoms with Crippen LogP contribution in [0.3, 0.4) is 0 Å². The zero-order chi connectivity index (χ0) is 15.4. The molecule has 22 heavy (non-hydrogen) atoms.